The van der Waals surface area contributed by atoms with Crippen LogP contribution in [0.5, 0.6) is 0 Å². The number of H-pyrrole nitrogens is 1. The number of imidazole rings is 1. The highest BCUT2D eigenvalue weighted by Gasteiger charge is 2.14. The highest BCUT2D eigenvalue weighted by Crippen LogP contribution is 2.11. The Kier molecular flexibility index (Phi) is 4.98. The van der Waals surface area contributed by atoms with Crippen molar-refractivity contribution in [1.29, 1.82) is 0 Å². The van der Waals surface area contributed by atoms with E-state index in [-0.39, 0.29) is 18.0 Å². The van der Waals surface area contributed by atoms with Crippen LogP contribution in [-0.4, -0.2) is 21.9 Å². The molecule has 1 aromatic rings. The molecule has 1 heterocycles. The lowest BCUT2D eigenvalue weighted by molar-refractivity contribution is -0.122. The van der Waals surface area contributed by atoms with Crippen molar-refractivity contribution in [2.75, 3.05) is 0 Å². The lowest BCUT2D eigenvalue weighted by Gasteiger charge is -2.15. The van der Waals surface area contributed by atoms with Gasteiger partial charge in [0.1, 0.15) is 5.82 Å². The minimum atomic E-state index is -0.0319. The molecule has 0 aliphatic heterocycles. The van der Waals surface area contributed by atoms with Crippen molar-refractivity contribution in [1.82, 2.24) is 15.3 Å². The molecule has 0 aliphatic rings. The number of amides is 1. The molecule has 1 aromatic heterocycles. The van der Waals surface area contributed by atoms with E-state index in [1.165, 1.54) is 0 Å². The molecule has 5 heteroatoms. The van der Waals surface area contributed by atoms with E-state index in [9.17, 15) is 4.79 Å². The molecule has 0 saturated heterocycles. The van der Waals surface area contributed by atoms with Crippen molar-refractivity contribution in [3.8, 4) is 0 Å². The molecule has 16 heavy (non-hydrogen) atoms. The Hall–Kier alpha value is -1.36. The summed E-state index contributed by atoms with van der Waals surface area (Å²) >= 11 is 0. The summed E-state index contributed by atoms with van der Waals surface area (Å²) in [5.41, 5.74) is 5.60. The van der Waals surface area contributed by atoms with E-state index >= 15 is 0 Å². The van der Waals surface area contributed by atoms with E-state index < -0.39 is 0 Å². The van der Waals surface area contributed by atoms with Crippen LogP contribution in [0.25, 0.3) is 0 Å². The van der Waals surface area contributed by atoms with Crippen molar-refractivity contribution in [3.05, 3.63) is 18.2 Å². The fourth-order valence-corrected chi connectivity index (χ4v) is 1.46. The van der Waals surface area contributed by atoms with Gasteiger partial charge in [0.05, 0.1) is 6.04 Å². The quantitative estimate of drug-likeness (QED) is 0.676. The minimum absolute atomic E-state index is 0.0283. The molecule has 4 N–H and O–H groups in total. The molecule has 5 nitrogen and oxygen atoms in total. The van der Waals surface area contributed by atoms with Gasteiger partial charge in [-0.1, -0.05) is 6.92 Å². The second-order valence-corrected chi connectivity index (χ2v) is 4.02. The number of carbonyl (C=O) groups excluding carboxylic acids is 1. The third-order valence-corrected chi connectivity index (χ3v) is 2.42. The maximum absolute atomic E-state index is 11.6. The molecule has 0 radical (unpaired) electrons. The van der Waals surface area contributed by atoms with Crippen molar-refractivity contribution in [2.24, 2.45) is 5.73 Å². The van der Waals surface area contributed by atoms with Crippen LogP contribution in [-0.2, 0) is 4.79 Å². The maximum Gasteiger partial charge on any atom is 0.220 e. The maximum atomic E-state index is 11.6. The standard InChI is InChI=1S/C11H20N4O/c1-3-9(11-13-6-7-14-11)15-10(16)5-4-8(2)12/h6-9H,3-5,12H2,1-2H3,(H,13,14)(H,15,16). The fraction of sp³-hybridized carbons (Fsp3) is 0.636. The summed E-state index contributed by atoms with van der Waals surface area (Å²) in [6.07, 6.45) is 5.44. The molecule has 0 fully saturated rings. The largest absolute Gasteiger partial charge is 0.347 e. The van der Waals surface area contributed by atoms with Crippen molar-refractivity contribution in [3.63, 3.8) is 0 Å². The number of nitrogens with one attached hydrogen (secondary N) is 2. The van der Waals surface area contributed by atoms with Crippen LogP contribution in [0.2, 0.25) is 0 Å². The number of aromatic amines is 1. The molecule has 0 saturated carbocycles. The Morgan fingerprint density at radius 3 is 2.94 bits per heavy atom. The van der Waals surface area contributed by atoms with Crippen molar-refractivity contribution >= 4 is 5.91 Å². The lowest BCUT2D eigenvalue weighted by Crippen LogP contribution is -2.30. The Morgan fingerprint density at radius 2 is 2.44 bits per heavy atom. The fourth-order valence-electron chi connectivity index (χ4n) is 1.46. The third kappa shape index (κ3) is 4.02. The van der Waals surface area contributed by atoms with Gasteiger partial charge < -0.3 is 16.0 Å². The average Bonchev–Trinajstić information content (AvgIpc) is 2.76. The van der Waals surface area contributed by atoms with E-state index in [2.05, 4.69) is 15.3 Å². The van der Waals surface area contributed by atoms with Gasteiger partial charge in [0.25, 0.3) is 0 Å². The predicted octanol–water partition coefficient (Wildman–Crippen LogP) is 1.10. The van der Waals surface area contributed by atoms with Gasteiger partial charge in [-0.25, -0.2) is 4.98 Å². The van der Waals surface area contributed by atoms with Crippen LogP contribution < -0.4 is 11.1 Å². The second kappa shape index (κ2) is 6.27. The van der Waals surface area contributed by atoms with Gasteiger partial charge in [0.15, 0.2) is 0 Å². The minimum Gasteiger partial charge on any atom is -0.347 e. The molecule has 0 aromatic carbocycles. The van der Waals surface area contributed by atoms with Crippen LogP contribution in [0.3, 0.4) is 0 Å². The normalized spacial score (nSPS) is 14.4. The lowest BCUT2D eigenvalue weighted by atomic mass is 10.1. The first-order valence-corrected chi connectivity index (χ1v) is 5.67. The third-order valence-electron chi connectivity index (χ3n) is 2.42. The molecular weight excluding hydrogens is 204 g/mol. The topological polar surface area (TPSA) is 83.8 Å². The summed E-state index contributed by atoms with van der Waals surface area (Å²) in [6.45, 7) is 3.91. The van der Waals surface area contributed by atoms with E-state index in [0.717, 1.165) is 12.2 Å². The van der Waals surface area contributed by atoms with Crippen molar-refractivity contribution < 1.29 is 4.79 Å². The molecule has 0 aliphatic carbocycles. The van der Waals surface area contributed by atoms with Gasteiger partial charge in [0, 0.05) is 24.9 Å². The first-order chi connectivity index (χ1) is 7.63. The molecule has 90 valence electrons. The van der Waals surface area contributed by atoms with E-state index in [1.807, 2.05) is 13.8 Å². The number of hydrogen-bond donors (Lipinski definition) is 3. The Balaban J connectivity index is 2.42. The molecule has 1 amide bonds. The number of nitrogens with two attached hydrogens (primary N) is 1. The van der Waals surface area contributed by atoms with E-state index in [4.69, 9.17) is 5.73 Å². The van der Waals surface area contributed by atoms with Gasteiger partial charge in [-0.2, -0.15) is 0 Å². The Labute approximate surface area is 95.8 Å². The van der Waals surface area contributed by atoms with E-state index in [0.29, 0.717) is 12.8 Å². The zero-order valence-corrected chi connectivity index (χ0v) is 9.86. The zero-order chi connectivity index (χ0) is 12.0. The first kappa shape index (κ1) is 12.7. The summed E-state index contributed by atoms with van der Waals surface area (Å²) in [4.78, 5) is 18.8. The predicted molar refractivity (Wildman–Crippen MR) is 62.6 cm³/mol. The van der Waals surface area contributed by atoms with Crippen molar-refractivity contribution in [2.45, 2.75) is 45.2 Å². The molecule has 2 atom stereocenters. The van der Waals surface area contributed by atoms with Gasteiger partial charge in [0.2, 0.25) is 5.91 Å². The van der Waals surface area contributed by atoms with Gasteiger partial charge >= 0.3 is 0 Å². The Bertz CT molecular complexity index is 308. The summed E-state index contributed by atoms with van der Waals surface area (Å²) in [7, 11) is 0. The number of aromatic nitrogens is 2. The Morgan fingerprint density at radius 1 is 1.69 bits per heavy atom. The van der Waals surface area contributed by atoms with Gasteiger partial charge in [-0.05, 0) is 19.8 Å². The molecule has 0 spiro atoms. The summed E-state index contributed by atoms with van der Waals surface area (Å²) in [5, 5.41) is 2.94. The molecular formula is C11H20N4O. The summed E-state index contributed by atoms with van der Waals surface area (Å²) < 4.78 is 0. The number of carbonyl (C=O) groups is 1. The molecule has 1 rings (SSSR count). The van der Waals surface area contributed by atoms with Gasteiger partial charge in [-0.3, -0.25) is 4.79 Å². The smallest absolute Gasteiger partial charge is 0.220 e. The highest BCUT2D eigenvalue weighted by molar-refractivity contribution is 5.76. The zero-order valence-electron chi connectivity index (χ0n) is 9.86. The average molecular weight is 224 g/mol. The van der Waals surface area contributed by atoms with Crippen LogP contribution in [0.1, 0.15) is 45.0 Å². The number of nitrogens with zero attached hydrogens (tertiary/aromatic N) is 1. The van der Waals surface area contributed by atoms with E-state index in [1.54, 1.807) is 12.4 Å². The van der Waals surface area contributed by atoms with Gasteiger partial charge in [-0.15, -0.1) is 0 Å². The van der Waals surface area contributed by atoms with Crippen LogP contribution in [0.15, 0.2) is 12.4 Å². The first-order valence-electron chi connectivity index (χ1n) is 5.67. The van der Waals surface area contributed by atoms with Crippen LogP contribution in [0, 0.1) is 0 Å². The van der Waals surface area contributed by atoms with Crippen LogP contribution in [0.4, 0.5) is 0 Å². The summed E-state index contributed by atoms with van der Waals surface area (Å²) in [5.74, 6) is 0.831. The monoisotopic (exact) mass is 224 g/mol. The second-order valence-electron chi connectivity index (χ2n) is 4.02. The highest BCUT2D eigenvalue weighted by atomic mass is 16.1. The number of hydrogen-bond acceptors (Lipinski definition) is 3. The SMILES string of the molecule is CCC(NC(=O)CCC(C)N)c1ncc[nH]1. The summed E-state index contributed by atoms with van der Waals surface area (Å²) in [6, 6.07) is 0.0324. The molecule has 2 unspecified atom stereocenters. The van der Waals surface area contributed by atoms with Crippen LogP contribution >= 0.6 is 0 Å². The number of rotatable bonds is 6. The molecule has 0 bridgehead atoms.